The quantitative estimate of drug-likeness (QED) is 0.609. The summed E-state index contributed by atoms with van der Waals surface area (Å²) in [7, 11) is 0. The minimum absolute atomic E-state index is 0.00309. The Morgan fingerprint density at radius 3 is 2.53 bits per heavy atom. The molecule has 0 radical (unpaired) electrons. The van der Waals surface area contributed by atoms with Crippen LogP contribution in [0.25, 0.3) is 22.0 Å². The zero-order chi connectivity index (χ0) is 22.6. The smallest absolute Gasteiger partial charge is 0.396 e. The summed E-state index contributed by atoms with van der Waals surface area (Å²) in [5.74, 6) is -1.35. The van der Waals surface area contributed by atoms with Crippen molar-refractivity contribution in [1.82, 2.24) is 9.88 Å². The molecule has 0 fully saturated rings. The molecule has 0 saturated heterocycles. The number of fused-ring (bicyclic) bond motifs is 3. The number of imide groups is 1. The number of nitrogens with zero attached hydrogens (tertiary/aromatic N) is 1. The van der Waals surface area contributed by atoms with Crippen molar-refractivity contribution in [3.63, 3.8) is 0 Å². The van der Waals surface area contributed by atoms with Crippen LogP contribution < -0.4 is 5.32 Å². The Labute approximate surface area is 181 Å². The van der Waals surface area contributed by atoms with Crippen molar-refractivity contribution in [1.29, 1.82) is 0 Å². The zero-order valence-electron chi connectivity index (χ0n) is 16.9. The van der Waals surface area contributed by atoms with Gasteiger partial charge in [-0.2, -0.15) is 13.2 Å². The van der Waals surface area contributed by atoms with Crippen LogP contribution in [0, 0.1) is 5.92 Å². The van der Waals surface area contributed by atoms with Gasteiger partial charge in [0.25, 0.3) is 11.8 Å². The van der Waals surface area contributed by atoms with Crippen molar-refractivity contribution >= 4 is 33.9 Å². The molecule has 2 amide bonds. The summed E-state index contributed by atoms with van der Waals surface area (Å²) in [6.07, 6.45) is -3.31. The molecular weight excluding hydrogens is 421 g/mol. The van der Waals surface area contributed by atoms with Crippen LogP contribution in [0.1, 0.15) is 28.8 Å². The lowest BCUT2D eigenvalue weighted by Gasteiger charge is -2.24. The second kappa shape index (κ2) is 7.34. The monoisotopic (exact) mass is 440 g/mol. The fraction of sp³-hybridized carbons (Fsp3) is 0.250. The largest absolute Gasteiger partial charge is 0.416 e. The summed E-state index contributed by atoms with van der Waals surface area (Å²) in [6, 6.07) is 11.9. The third-order valence-corrected chi connectivity index (χ3v) is 6.24. The van der Waals surface area contributed by atoms with E-state index in [4.69, 9.17) is 0 Å². The highest BCUT2D eigenvalue weighted by molar-refractivity contribution is 6.50. The number of aryl methyl sites for hydroxylation is 1. The maximum absolute atomic E-state index is 13.3. The Balaban J connectivity index is 1.81. The van der Waals surface area contributed by atoms with Gasteiger partial charge in [-0.3, -0.25) is 14.9 Å². The predicted molar refractivity (Wildman–Crippen MR) is 112 cm³/mol. The molecule has 5 nitrogen and oxygen atoms in total. The Hall–Kier alpha value is -3.39. The number of nitrogens with one attached hydrogen (secondary N) is 1. The van der Waals surface area contributed by atoms with Crippen LogP contribution in [0.4, 0.5) is 13.2 Å². The Morgan fingerprint density at radius 1 is 1.03 bits per heavy atom. The van der Waals surface area contributed by atoms with Gasteiger partial charge in [-0.05, 0) is 42.5 Å². The van der Waals surface area contributed by atoms with E-state index in [1.165, 1.54) is 12.1 Å². The van der Waals surface area contributed by atoms with Crippen molar-refractivity contribution in [3.05, 3.63) is 70.9 Å². The molecule has 32 heavy (non-hydrogen) atoms. The third kappa shape index (κ3) is 3.14. The van der Waals surface area contributed by atoms with Crippen LogP contribution in [0.5, 0.6) is 0 Å². The van der Waals surface area contributed by atoms with Crippen molar-refractivity contribution in [2.45, 2.75) is 25.6 Å². The van der Waals surface area contributed by atoms with Gasteiger partial charge < -0.3 is 9.67 Å². The highest BCUT2D eigenvalue weighted by atomic mass is 19.4. The average molecular weight is 440 g/mol. The zero-order valence-corrected chi connectivity index (χ0v) is 16.9. The molecule has 8 heteroatoms. The number of amides is 2. The number of hydrogen-bond acceptors (Lipinski definition) is 3. The first kappa shape index (κ1) is 20.5. The number of para-hydroxylation sites is 1. The van der Waals surface area contributed by atoms with Crippen LogP contribution >= 0.6 is 0 Å². The topological polar surface area (TPSA) is 71.3 Å². The van der Waals surface area contributed by atoms with Gasteiger partial charge in [-0.1, -0.05) is 30.3 Å². The molecule has 1 aromatic heterocycles. The third-order valence-electron chi connectivity index (χ3n) is 6.24. The van der Waals surface area contributed by atoms with E-state index in [-0.39, 0.29) is 29.2 Å². The van der Waals surface area contributed by atoms with Gasteiger partial charge in [0.2, 0.25) is 0 Å². The number of aliphatic hydroxyl groups is 1. The lowest BCUT2D eigenvalue weighted by atomic mass is 9.89. The van der Waals surface area contributed by atoms with Gasteiger partial charge in [0.05, 0.1) is 16.7 Å². The lowest BCUT2D eigenvalue weighted by Crippen LogP contribution is -2.24. The Kier molecular flexibility index (Phi) is 4.70. The molecule has 0 aliphatic carbocycles. The first-order valence-corrected chi connectivity index (χ1v) is 10.3. The van der Waals surface area contributed by atoms with Crippen molar-refractivity contribution in [3.8, 4) is 0 Å². The van der Waals surface area contributed by atoms with E-state index in [9.17, 15) is 27.9 Å². The van der Waals surface area contributed by atoms with Gasteiger partial charge in [0.15, 0.2) is 0 Å². The normalized spacial score (nSPS) is 18.9. The molecule has 5 rings (SSSR count). The first-order chi connectivity index (χ1) is 15.3. The minimum Gasteiger partial charge on any atom is -0.396 e. The summed E-state index contributed by atoms with van der Waals surface area (Å²) in [5.41, 5.74) is 1.41. The number of carbonyl (C=O) groups excluding carboxylic acids is 2. The SMILES string of the molecule is O=C1NC(=O)C(c2c3n(c4ccccc24)CCC(CO)C3)=C1c1cccc(C(F)(F)F)c1. The van der Waals surface area contributed by atoms with Crippen LogP contribution in [0.3, 0.4) is 0 Å². The standard InChI is InChI=1S/C24H19F3N2O3/c25-24(26,27)15-5-3-4-14(11-15)19-21(23(32)28-22(19)31)20-16-6-1-2-7-17(16)29-9-8-13(12-30)10-18(20)29/h1-7,11,13,30H,8-10,12H2,(H,28,31,32). The maximum atomic E-state index is 13.3. The van der Waals surface area contributed by atoms with Crippen LogP contribution in [-0.2, 0) is 28.7 Å². The summed E-state index contributed by atoms with van der Waals surface area (Å²) in [4.78, 5) is 25.7. The van der Waals surface area contributed by atoms with Gasteiger partial charge in [0.1, 0.15) is 0 Å². The summed E-state index contributed by atoms with van der Waals surface area (Å²) in [6.45, 7) is 0.633. The molecule has 0 bridgehead atoms. The average Bonchev–Trinajstić information content (AvgIpc) is 3.25. The molecule has 3 aromatic rings. The Bertz CT molecular complexity index is 1300. The molecule has 164 valence electrons. The number of halogens is 3. The molecular formula is C24H19F3N2O3. The van der Waals surface area contributed by atoms with E-state index in [0.717, 1.165) is 35.2 Å². The molecule has 3 heterocycles. The van der Waals surface area contributed by atoms with E-state index in [2.05, 4.69) is 9.88 Å². The number of alkyl halides is 3. The summed E-state index contributed by atoms with van der Waals surface area (Å²) < 4.78 is 42.0. The Morgan fingerprint density at radius 2 is 1.78 bits per heavy atom. The van der Waals surface area contributed by atoms with Crippen molar-refractivity contribution in [2.24, 2.45) is 5.92 Å². The molecule has 1 atom stereocenters. The van der Waals surface area contributed by atoms with Crippen molar-refractivity contribution in [2.75, 3.05) is 6.61 Å². The maximum Gasteiger partial charge on any atom is 0.416 e. The van der Waals surface area contributed by atoms with Gasteiger partial charge in [0, 0.05) is 35.3 Å². The molecule has 2 aliphatic heterocycles. The van der Waals surface area contributed by atoms with Crippen molar-refractivity contribution < 1.29 is 27.9 Å². The second-order valence-electron chi connectivity index (χ2n) is 8.14. The number of aromatic nitrogens is 1. The van der Waals surface area contributed by atoms with Gasteiger partial charge in [-0.15, -0.1) is 0 Å². The fourth-order valence-electron chi connectivity index (χ4n) is 4.77. The first-order valence-electron chi connectivity index (χ1n) is 10.3. The lowest BCUT2D eigenvalue weighted by molar-refractivity contribution is -0.137. The number of rotatable bonds is 3. The number of aliphatic hydroxyl groups excluding tert-OH is 1. The van der Waals surface area contributed by atoms with E-state index in [1.54, 1.807) is 0 Å². The van der Waals surface area contributed by atoms with E-state index in [0.29, 0.717) is 18.5 Å². The van der Waals surface area contributed by atoms with Gasteiger partial charge in [-0.25, -0.2) is 0 Å². The van der Waals surface area contributed by atoms with E-state index >= 15 is 0 Å². The van der Waals surface area contributed by atoms with Crippen LogP contribution in [0.2, 0.25) is 0 Å². The number of carbonyl (C=O) groups is 2. The highest BCUT2D eigenvalue weighted by Gasteiger charge is 2.38. The van der Waals surface area contributed by atoms with E-state index in [1.807, 2.05) is 24.3 Å². The molecule has 0 saturated carbocycles. The van der Waals surface area contributed by atoms with Crippen LogP contribution in [0.15, 0.2) is 48.5 Å². The number of benzene rings is 2. The highest BCUT2D eigenvalue weighted by Crippen LogP contribution is 2.42. The fourth-order valence-corrected chi connectivity index (χ4v) is 4.77. The molecule has 2 aliphatic rings. The summed E-state index contributed by atoms with van der Waals surface area (Å²) >= 11 is 0. The molecule has 2 N–H and O–H groups in total. The van der Waals surface area contributed by atoms with Gasteiger partial charge >= 0.3 is 6.18 Å². The molecule has 0 spiro atoms. The number of hydrogen-bond donors (Lipinski definition) is 2. The summed E-state index contributed by atoms with van der Waals surface area (Å²) in [5, 5.41) is 12.7. The second-order valence-corrected chi connectivity index (χ2v) is 8.14. The minimum atomic E-state index is -4.58. The predicted octanol–water partition coefficient (Wildman–Crippen LogP) is 3.78. The molecule has 1 unspecified atom stereocenters. The van der Waals surface area contributed by atoms with Crippen LogP contribution in [-0.4, -0.2) is 28.1 Å². The van der Waals surface area contributed by atoms with E-state index < -0.39 is 23.6 Å². The molecule has 2 aromatic carbocycles.